The van der Waals surface area contributed by atoms with Crippen molar-refractivity contribution in [1.82, 2.24) is 0 Å². The molecular formula is C29H30N4. The molecule has 0 aromatic heterocycles. The molecule has 4 rings (SSSR count). The number of nitriles is 2. The average Bonchev–Trinajstić information content (AvgIpc) is 3.15. The molecule has 0 bridgehead atoms. The number of anilines is 2. The second-order valence-electron chi connectivity index (χ2n) is 8.58. The van der Waals surface area contributed by atoms with Gasteiger partial charge in [0.2, 0.25) is 0 Å². The maximum Gasteiger partial charge on any atom is 0.102 e. The molecule has 0 unspecified atom stereocenters. The summed E-state index contributed by atoms with van der Waals surface area (Å²) in [5.74, 6) is 0. The molecule has 166 valence electrons. The zero-order valence-corrected chi connectivity index (χ0v) is 19.9. The highest BCUT2D eigenvalue weighted by Gasteiger charge is 2.45. The van der Waals surface area contributed by atoms with E-state index in [1.54, 1.807) is 0 Å². The summed E-state index contributed by atoms with van der Waals surface area (Å²) < 4.78 is 0. The Morgan fingerprint density at radius 1 is 0.818 bits per heavy atom. The van der Waals surface area contributed by atoms with Crippen LogP contribution in [0.5, 0.6) is 0 Å². The lowest BCUT2D eigenvalue weighted by atomic mass is 9.70. The maximum atomic E-state index is 10.5. The van der Waals surface area contributed by atoms with Gasteiger partial charge in [0, 0.05) is 35.3 Å². The van der Waals surface area contributed by atoms with Gasteiger partial charge in [0.1, 0.15) is 12.1 Å². The number of nitrogens with two attached hydrogens (primary N) is 1. The average molecular weight is 435 g/mol. The van der Waals surface area contributed by atoms with E-state index >= 15 is 0 Å². The number of hydrogen-bond donors (Lipinski definition) is 1. The summed E-state index contributed by atoms with van der Waals surface area (Å²) >= 11 is 0. The van der Waals surface area contributed by atoms with Crippen LogP contribution in [0, 0.1) is 22.7 Å². The highest BCUT2D eigenvalue weighted by Crippen LogP contribution is 2.59. The van der Waals surface area contributed by atoms with E-state index in [-0.39, 0.29) is 5.41 Å². The van der Waals surface area contributed by atoms with Crippen molar-refractivity contribution in [3.8, 4) is 34.4 Å². The van der Waals surface area contributed by atoms with Gasteiger partial charge < -0.3 is 10.6 Å². The van der Waals surface area contributed by atoms with E-state index in [0.29, 0.717) is 29.9 Å². The van der Waals surface area contributed by atoms with E-state index in [2.05, 4.69) is 62.9 Å². The molecule has 0 fully saturated rings. The normalized spacial score (nSPS) is 13.0. The number of nitrogen functional groups attached to an aromatic ring is 1. The molecule has 3 aromatic rings. The topological polar surface area (TPSA) is 76.8 Å². The second kappa shape index (κ2) is 8.64. The van der Waals surface area contributed by atoms with E-state index in [9.17, 15) is 10.5 Å². The third kappa shape index (κ3) is 3.10. The fourth-order valence-corrected chi connectivity index (χ4v) is 5.73. The van der Waals surface area contributed by atoms with E-state index in [0.717, 1.165) is 46.3 Å². The Hall–Kier alpha value is -3.76. The molecular weight excluding hydrogens is 404 g/mol. The third-order valence-electron chi connectivity index (χ3n) is 7.37. The van der Waals surface area contributed by atoms with Gasteiger partial charge >= 0.3 is 0 Å². The molecule has 0 saturated heterocycles. The highest BCUT2D eigenvalue weighted by atomic mass is 15.1. The Balaban J connectivity index is 2.31. The zero-order valence-electron chi connectivity index (χ0n) is 19.9. The molecule has 0 spiro atoms. The van der Waals surface area contributed by atoms with Crippen LogP contribution in [0.15, 0.2) is 48.5 Å². The van der Waals surface area contributed by atoms with Gasteiger partial charge in [-0.25, -0.2) is 0 Å². The molecule has 1 aliphatic carbocycles. The van der Waals surface area contributed by atoms with E-state index in [4.69, 9.17) is 5.73 Å². The van der Waals surface area contributed by atoms with Crippen molar-refractivity contribution in [3.63, 3.8) is 0 Å². The summed E-state index contributed by atoms with van der Waals surface area (Å²) in [4.78, 5) is 2.14. The summed E-state index contributed by atoms with van der Waals surface area (Å²) in [5, 5.41) is 21.0. The van der Waals surface area contributed by atoms with E-state index in [1.165, 1.54) is 5.56 Å². The quantitative estimate of drug-likeness (QED) is 0.443. The SMILES string of the molecule is CCN(CC)c1c(C#N)c(-c2ccc(N)cc2)c2c(c1C#N)-c1ccccc1C2(CC)CC. The van der Waals surface area contributed by atoms with Crippen molar-refractivity contribution in [3.05, 3.63) is 70.8 Å². The predicted octanol–water partition coefficient (Wildman–Crippen LogP) is 6.61. The maximum absolute atomic E-state index is 10.5. The summed E-state index contributed by atoms with van der Waals surface area (Å²) in [7, 11) is 0. The lowest BCUT2D eigenvalue weighted by molar-refractivity contribution is 0.491. The molecule has 33 heavy (non-hydrogen) atoms. The fourth-order valence-electron chi connectivity index (χ4n) is 5.73. The van der Waals surface area contributed by atoms with Crippen LogP contribution in [0.3, 0.4) is 0 Å². The molecule has 0 atom stereocenters. The predicted molar refractivity (Wildman–Crippen MR) is 136 cm³/mol. The van der Waals surface area contributed by atoms with E-state index < -0.39 is 0 Å². The molecule has 2 N–H and O–H groups in total. The molecule has 0 aliphatic heterocycles. The number of fused-ring (bicyclic) bond motifs is 3. The summed E-state index contributed by atoms with van der Waals surface area (Å²) in [6.07, 6.45) is 1.77. The van der Waals surface area contributed by atoms with Gasteiger partial charge in [0.15, 0.2) is 0 Å². The first-order chi connectivity index (χ1) is 16.0. The Morgan fingerprint density at radius 3 is 1.94 bits per heavy atom. The van der Waals surface area contributed by atoms with Crippen molar-refractivity contribution in [1.29, 1.82) is 10.5 Å². The van der Waals surface area contributed by atoms with Crippen LogP contribution in [0.4, 0.5) is 11.4 Å². The monoisotopic (exact) mass is 434 g/mol. The zero-order chi connectivity index (χ0) is 23.8. The Morgan fingerprint density at radius 2 is 1.39 bits per heavy atom. The molecule has 0 heterocycles. The molecule has 1 aliphatic rings. The summed E-state index contributed by atoms with van der Waals surface area (Å²) in [6.45, 7) is 9.98. The van der Waals surface area contributed by atoms with Gasteiger partial charge in [-0.3, -0.25) is 0 Å². The van der Waals surface area contributed by atoms with Crippen LogP contribution < -0.4 is 10.6 Å². The van der Waals surface area contributed by atoms with Crippen molar-refractivity contribution < 1.29 is 0 Å². The molecule has 0 saturated carbocycles. The smallest absolute Gasteiger partial charge is 0.102 e. The second-order valence-corrected chi connectivity index (χ2v) is 8.58. The van der Waals surface area contributed by atoms with Crippen molar-refractivity contribution in [2.24, 2.45) is 0 Å². The minimum absolute atomic E-state index is 0.262. The Kier molecular flexibility index (Phi) is 5.88. The van der Waals surface area contributed by atoms with Gasteiger partial charge in [-0.1, -0.05) is 50.2 Å². The molecule has 4 nitrogen and oxygen atoms in total. The van der Waals surface area contributed by atoms with Gasteiger partial charge in [-0.05, 0) is 61.1 Å². The Bertz CT molecular complexity index is 1280. The van der Waals surface area contributed by atoms with Crippen LogP contribution in [0.2, 0.25) is 0 Å². The number of benzene rings is 3. The van der Waals surface area contributed by atoms with Gasteiger partial charge in [0.05, 0.1) is 16.8 Å². The third-order valence-corrected chi connectivity index (χ3v) is 7.37. The van der Waals surface area contributed by atoms with Crippen LogP contribution in [-0.2, 0) is 5.41 Å². The number of hydrogen-bond acceptors (Lipinski definition) is 4. The first kappa shape index (κ1) is 22.4. The highest BCUT2D eigenvalue weighted by molar-refractivity contribution is 5.99. The fraction of sp³-hybridized carbons (Fsp3) is 0.310. The van der Waals surface area contributed by atoms with Crippen LogP contribution in [0.1, 0.15) is 62.8 Å². The molecule has 0 radical (unpaired) electrons. The minimum Gasteiger partial charge on any atom is -0.399 e. The van der Waals surface area contributed by atoms with Crippen molar-refractivity contribution in [2.45, 2.75) is 46.0 Å². The van der Waals surface area contributed by atoms with Crippen molar-refractivity contribution in [2.75, 3.05) is 23.7 Å². The number of rotatable bonds is 6. The minimum atomic E-state index is -0.262. The van der Waals surface area contributed by atoms with Gasteiger partial charge in [0.25, 0.3) is 0 Å². The van der Waals surface area contributed by atoms with Crippen LogP contribution in [-0.4, -0.2) is 13.1 Å². The largest absolute Gasteiger partial charge is 0.399 e. The lowest BCUT2D eigenvalue weighted by Gasteiger charge is -2.34. The van der Waals surface area contributed by atoms with Gasteiger partial charge in [-0.15, -0.1) is 0 Å². The molecule has 3 aromatic carbocycles. The van der Waals surface area contributed by atoms with Crippen LogP contribution >= 0.6 is 0 Å². The Labute approximate surface area is 196 Å². The number of nitrogens with zero attached hydrogens (tertiary/aromatic N) is 3. The molecule has 4 heteroatoms. The summed E-state index contributed by atoms with van der Waals surface area (Å²) in [6, 6.07) is 21.3. The van der Waals surface area contributed by atoms with E-state index in [1.807, 2.05) is 30.3 Å². The van der Waals surface area contributed by atoms with Gasteiger partial charge in [-0.2, -0.15) is 10.5 Å². The standard InChI is InChI=1S/C29H30N4/c1-5-29(6-2)24-12-10-9-11-21(24)26-23(18-31)28(33(7-3)8-4)22(17-30)25(27(26)29)19-13-15-20(32)16-14-19/h9-16H,5-8,32H2,1-4H3. The van der Waals surface area contributed by atoms with Crippen molar-refractivity contribution >= 4 is 11.4 Å². The molecule has 0 amide bonds. The lowest BCUT2D eigenvalue weighted by Crippen LogP contribution is -2.27. The first-order valence-corrected chi connectivity index (χ1v) is 11.8. The first-order valence-electron chi connectivity index (χ1n) is 11.8. The summed E-state index contributed by atoms with van der Waals surface area (Å²) in [5.41, 5.74) is 14.7. The van der Waals surface area contributed by atoms with Crippen LogP contribution in [0.25, 0.3) is 22.3 Å².